The minimum absolute atomic E-state index is 0.0824. The van der Waals surface area contributed by atoms with Crippen molar-refractivity contribution in [2.45, 2.75) is 4.21 Å². The number of nitrogens with zero attached hydrogens (tertiary/aromatic N) is 2. The lowest BCUT2D eigenvalue weighted by molar-refractivity contribution is -0.386. The molecule has 0 aliphatic carbocycles. The quantitative estimate of drug-likeness (QED) is 0.616. The Morgan fingerprint density at radius 2 is 2.05 bits per heavy atom. The van der Waals surface area contributed by atoms with Crippen molar-refractivity contribution in [2.24, 2.45) is 0 Å². The summed E-state index contributed by atoms with van der Waals surface area (Å²) in [6.45, 7) is 4.84. The summed E-state index contributed by atoms with van der Waals surface area (Å²) < 4.78 is 28.6. The fourth-order valence-electron chi connectivity index (χ4n) is 1.86. The molecule has 7 nitrogen and oxygen atoms in total. The van der Waals surface area contributed by atoms with Crippen LogP contribution in [0.4, 0.5) is 11.4 Å². The van der Waals surface area contributed by atoms with E-state index < -0.39 is 20.4 Å². The second-order valence-corrected chi connectivity index (χ2v) is 7.64. The van der Waals surface area contributed by atoms with E-state index in [4.69, 9.17) is 16.3 Å². The molecule has 0 bridgehead atoms. The van der Waals surface area contributed by atoms with Gasteiger partial charge in [-0.3, -0.25) is 10.1 Å². The first kappa shape index (κ1) is 15.2. The van der Waals surface area contributed by atoms with E-state index in [1.807, 2.05) is 0 Å². The maximum Gasteiger partial charge on any atom is 0.323 e. The van der Waals surface area contributed by atoms with Crippen molar-refractivity contribution in [3.05, 3.63) is 26.4 Å². The molecule has 1 aromatic heterocycles. The number of halogens is 1. The first-order chi connectivity index (χ1) is 9.38. The van der Waals surface area contributed by atoms with Gasteiger partial charge < -0.3 is 9.64 Å². The summed E-state index contributed by atoms with van der Waals surface area (Å²) in [5.74, 6) is 0. The van der Waals surface area contributed by atoms with E-state index in [-0.39, 0.29) is 14.2 Å². The zero-order valence-corrected chi connectivity index (χ0v) is 12.6. The third-order valence-corrected chi connectivity index (χ3v) is 6.03. The first-order valence-corrected chi connectivity index (χ1v) is 8.29. The van der Waals surface area contributed by atoms with Gasteiger partial charge in [0.15, 0.2) is 0 Å². The second-order valence-electron chi connectivity index (χ2n) is 3.93. The van der Waals surface area contributed by atoms with Crippen molar-refractivity contribution in [2.75, 3.05) is 31.2 Å². The molecule has 0 saturated carbocycles. The van der Waals surface area contributed by atoms with Crippen molar-refractivity contribution < 1.29 is 18.1 Å². The highest BCUT2D eigenvalue weighted by molar-refractivity contribution is 7.96. The Balaban J connectivity index is 2.62. The van der Waals surface area contributed by atoms with Crippen molar-refractivity contribution in [3.8, 4) is 0 Å². The molecule has 2 rings (SSSR count). The van der Waals surface area contributed by atoms with Crippen LogP contribution in [0.1, 0.15) is 0 Å². The Morgan fingerprint density at radius 1 is 1.45 bits per heavy atom. The molecule has 0 aromatic carbocycles. The topological polar surface area (TPSA) is 89.8 Å². The molecule has 0 N–H and O–H groups in total. The van der Waals surface area contributed by atoms with Gasteiger partial charge in [-0.25, -0.2) is 8.42 Å². The molecule has 1 aliphatic heterocycles. The van der Waals surface area contributed by atoms with Gasteiger partial charge in [0.1, 0.15) is 10.0 Å². The summed E-state index contributed by atoms with van der Waals surface area (Å²) >= 11 is 6.70. The largest absolute Gasteiger partial charge is 0.378 e. The van der Waals surface area contributed by atoms with E-state index in [1.54, 1.807) is 4.90 Å². The predicted molar refractivity (Wildman–Crippen MR) is 76.4 cm³/mol. The number of ether oxygens (including phenoxy) is 1. The monoisotopic (exact) mass is 338 g/mol. The molecular weight excluding hydrogens is 328 g/mol. The van der Waals surface area contributed by atoms with Crippen LogP contribution in [-0.2, 0) is 14.6 Å². The van der Waals surface area contributed by atoms with Crippen molar-refractivity contribution in [3.63, 3.8) is 0 Å². The highest BCUT2D eigenvalue weighted by Crippen LogP contribution is 2.48. The zero-order chi connectivity index (χ0) is 14.9. The Hall–Kier alpha value is -1.16. The summed E-state index contributed by atoms with van der Waals surface area (Å²) in [6, 6.07) is 0. The second kappa shape index (κ2) is 5.68. The van der Waals surface area contributed by atoms with Gasteiger partial charge in [0.25, 0.3) is 0 Å². The molecule has 1 fully saturated rings. The fraction of sp³-hybridized carbons (Fsp3) is 0.400. The number of hydrogen-bond acceptors (Lipinski definition) is 7. The molecule has 1 aliphatic rings. The Labute approximate surface area is 124 Å². The van der Waals surface area contributed by atoms with E-state index in [2.05, 4.69) is 6.58 Å². The number of sulfone groups is 1. The van der Waals surface area contributed by atoms with E-state index in [1.165, 1.54) is 0 Å². The van der Waals surface area contributed by atoms with Crippen LogP contribution in [0.3, 0.4) is 0 Å². The minimum atomic E-state index is -3.92. The van der Waals surface area contributed by atoms with Crippen LogP contribution in [0.5, 0.6) is 0 Å². The normalized spacial score (nSPS) is 16.1. The molecule has 0 amide bonds. The van der Waals surface area contributed by atoms with E-state index in [0.29, 0.717) is 43.0 Å². The van der Waals surface area contributed by atoms with Crippen LogP contribution in [-0.4, -0.2) is 39.6 Å². The lowest BCUT2D eigenvalue weighted by Gasteiger charge is -2.27. The first-order valence-electron chi connectivity index (χ1n) is 5.55. The maximum atomic E-state index is 11.9. The number of nitro groups is 1. The minimum Gasteiger partial charge on any atom is -0.378 e. The highest BCUT2D eigenvalue weighted by Gasteiger charge is 2.36. The van der Waals surface area contributed by atoms with Crippen molar-refractivity contribution >= 4 is 44.1 Å². The summed E-state index contributed by atoms with van der Waals surface area (Å²) in [6.07, 6.45) is 0. The van der Waals surface area contributed by atoms with E-state index in [9.17, 15) is 18.5 Å². The molecule has 2 heterocycles. The lowest BCUT2D eigenvalue weighted by atomic mass is 10.3. The van der Waals surface area contributed by atoms with Crippen LogP contribution in [0.2, 0.25) is 4.34 Å². The number of hydrogen-bond donors (Lipinski definition) is 0. The fourth-order valence-corrected chi connectivity index (χ4v) is 4.70. The number of morpholine rings is 1. The van der Waals surface area contributed by atoms with Gasteiger partial charge in [-0.05, 0) is 0 Å². The summed E-state index contributed by atoms with van der Waals surface area (Å²) in [5.41, 5.74) is -0.341. The SMILES string of the molecule is C=CS(=O)(=O)c1sc(Cl)c(N2CCOCC2)c1[N+](=O)[O-]. The Kier molecular flexibility index (Phi) is 4.33. The third kappa shape index (κ3) is 2.66. The van der Waals surface area contributed by atoms with Crippen molar-refractivity contribution in [1.29, 1.82) is 0 Å². The Morgan fingerprint density at radius 3 is 2.55 bits per heavy atom. The number of anilines is 1. The summed E-state index contributed by atoms with van der Waals surface area (Å²) in [7, 11) is -3.92. The van der Waals surface area contributed by atoms with Crippen LogP contribution < -0.4 is 4.90 Å². The van der Waals surface area contributed by atoms with Crippen LogP contribution in [0.15, 0.2) is 16.2 Å². The molecule has 0 unspecified atom stereocenters. The smallest absolute Gasteiger partial charge is 0.323 e. The molecule has 110 valence electrons. The van der Waals surface area contributed by atoms with Gasteiger partial charge in [0, 0.05) is 18.5 Å². The van der Waals surface area contributed by atoms with Crippen LogP contribution in [0.25, 0.3) is 0 Å². The van der Waals surface area contributed by atoms with Crippen molar-refractivity contribution in [1.82, 2.24) is 0 Å². The van der Waals surface area contributed by atoms with Crippen LogP contribution >= 0.6 is 22.9 Å². The van der Waals surface area contributed by atoms with Gasteiger partial charge in [-0.2, -0.15) is 0 Å². The standard InChI is InChI=1S/C10H11ClN2O5S2/c1-2-20(16,17)10-8(13(14)15)7(9(11)19-10)12-3-5-18-6-4-12/h2H,1,3-6H2. The number of rotatable bonds is 4. The van der Waals surface area contributed by atoms with Gasteiger partial charge >= 0.3 is 5.69 Å². The lowest BCUT2D eigenvalue weighted by Crippen LogP contribution is -2.36. The molecule has 1 aromatic rings. The molecule has 0 atom stereocenters. The predicted octanol–water partition coefficient (Wildman–Crippen LogP) is 2.06. The Bertz CT molecular complexity index is 649. The van der Waals surface area contributed by atoms with Gasteiger partial charge in [0.2, 0.25) is 14.0 Å². The molecular formula is C10H11ClN2O5S2. The molecule has 0 radical (unpaired) electrons. The average Bonchev–Trinajstić information content (AvgIpc) is 2.78. The van der Waals surface area contributed by atoms with E-state index >= 15 is 0 Å². The molecule has 20 heavy (non-hydrogen) atoms. The molecule has 1 saturated heterocycles. The zero-order valence-electron chi connectivity index (χ0n) is 10.2. The van der Waals surface area contributed by atoms with E-state index in [0.717, 1.165) is 0 Å². The van der Waals surface area contributed by atoms with Gasteiger partial charge in [-0.1, -0.05) is 18.2 Å². The van der Waals surface area contributed by atoms with Gasteiger partial charge in [-0.15, -0.1) is 11.3 Å². The van der Waals surface area contributed by atoms with Crippen LogP contribution in [0, 0.1) is 10.1 Å². The third-order valence-electron chi connectivity index (χ3n) is 2.77. The molecule has 0 spiro atoms. The summed E-state index contributed by atoms with van der Waals surface area (Å²) in [4.78, 5) is 12.2. The highest BCUT2D eigenvalue weighted by atomic mass is 35.5. The molecule has 10 heteroatoms. The van der Waals surface area contributed by atoms with Gasteiger partial charge in [0.05, 0.1) is 18.1 Å². The maximum absolute atomic E-state index is 11.9. The summed E-state index contributed by atoms with van der Waals surface area (Å²) in [5, 5.41) is 11.9. The average molecular weight is 339 g/mol. The number of thiophene rings is 1.